The van der Waals surface area contributed by atoms with Crippen LogP contribution in [0, 0.1) is 0 Å². The van der Waals surface area contributed by atoms with Crippen molar-refractivity contribution in [1.82, 2.24) is 9.80 Å². The van der Waals surface area contributed by atoms with Crippen LogP contribution in [-0.2, 0) is 4.79 Å². The molecule has 0 radical (unpaired) electrons. The summed E-state index contributed by atoms with van der Waals surface area (Å²) in [5.74, 6) is -1.05. The molecule has 0 bridgehead atoms. The molecule has 0 aliphatic rings. The molecule has 0 unspecified atom stereocenters. The third-order valence-corrected chi connectivity index (χ3v) is 2.56. The average molecular weight is 232 g/mol. The van der Waals surface area contributed by atoms with E-state index in [0.29, 0.717) is 6.54 Å². The van der Waals surface area contributed by atoms with E-state index in [-0.39, 0.29) is 13.2 Å². The zero-order valence-electron chi connectivity index (χ0n) is 10.2. The number of carboxylic acid groups (broad SMARTS) is 1. The van der Waals surface area contributed by atoms with Gasteiger partial charge in [-0.15, -0.1) is 0 Å². The molecular weight excluding hydrogens is 212 g/mol. The summed E-state index contributed by atoms with van der Waals surface area (Å²) in [5.41, 5.74) is -0.705. The number of amides is 2. The van der Waals surface area contributed by atoms with Crippen LogP contribution in [0.15, 0.2) is 0 Å². The minimum atomic E-state index is -1.05. The minimum Gasteiger partial charge on any atom is -0.480 e. The van der Waals surface area contributed by atoms with Crippen molar-refractivity contribution in [2.24, 2.45) is 0 Å². The van der Waals surface area contributed by atoms with Gasteiger partial charge in [0.2, 0.25) is 0 Å². The summed E-state index contributed by atoms with van der Waals surface area (Å²) in [6.45, 7) is 4.93. The number of hydrogen-bond acceptors (Lipinski definition) is 3. The molecule has 16 heavy (non-hydrogen) atoms. The number of rotatable bonds is 5. The molecule has 0 heterocycles. The van der Waals surface area contributed by atoms with E-state index in [1.54, 1.807) is 27.8 Å². The summed E-state index contributed by atoms with van der Waals surface area (Å²) in [7, 11) is 1.54. The average Bonchev–Trinajstić information content (AvgIpc) is 2.23. The first-order valence-corrected chi connectivity index (χ1v) is 5.11. The molecule has 0 atom stereocenters. The minimum absolute atomic E-state index is 0.181. The molecule has 0 fully saturated rings. The molecule has 6 nitrogen and oxygen atoms in total. The Labute approximate surface area is 95.5 Å². The Kier molecular flexibility index (Phi) is 5.23. The van der Waals surface area contributed by atoms with Crippen LogP contribution in [0.25, 0.3) is 0 Å². The lowest BCUT2D eigenvalue weighted by Crippen LogP contribution is -2.53. The molecule has 2 amide bonds. The van der Waals surface area contributed by atoms with Gasteiger partial charge in [0.25, 0.3) is 0 Å². The number of carboxylic acids is 1. The molecule has 2 N–H and O–H groups in total. The Hall–Kier alpha value is -1.30. The van der Waals surface area contributed by atoms with Gasteiger partial charge in [0.15, 0.2) is 0 Å². The molecule has 0 aromatic rings. The second kappa shape index (κ2) is 5.69. The van der Waals surface area contributed by atoms with E-state index in [0.717, 1.165) is 0 Å². The first-order valence-electron chi connectivity index (χ1n) is 5.11. The smallest absolute Gasteiger partial charge is 0.323 e. The van der Waals surface area contributed by atoms with Gasteiger partial charge in [0, 0.05) is 13.6 Å². The number of urea groups is 1. The first kappa shape index (κ1) is 14.7. The number of carbonyl (C=O) groups is 2. The van der Waals surface area contributed by atoms with Crippen molar-refractivity contribution < 1.29 is 19.8 Å². The predicted octanol–water partition coefficient (Wildman–Crippen LogP) is 0.216. The van der Waals surface area contributed by atoms with Gasteiger partial charge >= 0.3 is 12.0 Å². The van der Waals surface area contributed by atoms with Crippen LogP contribution in [0.4, 0.5) is 4.79 Å². The summed E-state index contributed by atoms with van der Waals surface area (Å²) in [5, 5.41) is 17.8. The summed E-state index contributed by atoms with van der Waals surface area (Å²) in [4.78, 5) is 25.0. The van der Waals surface area contributed by atoms with Gasteiger partial charge in [0.1, 0.15) is 6.54 Å². The molecule has 0 aromatic carbocycles. The van der Waals surface area contributed by atoms with Crippen LogP contribution in [-0.4, -0.2) is 64.3 Å². The van der Waals surface area contributed by atoms with Crippen LogP contribution in [0.5, 0.6) is 0 Å². The largest absolute Gasteiger partial charge is 0.480 e. The zero-order chi connectivity index (χ0) is 12.9. The summed E-state index contributed by atoms with van der Waals surface area (Å²) in [6.07, 6.45) is 0. The van der Waals surface area contributed by atoms with E-state index in [1.807, 2.05) is 0 Å². The van der Waals surface area contributed by atoms with E-state index in [4.69, 9.17) is 10.2 Å². The summed E-state index contributed by atoms with van der Waals surface area (Å²) in [6, 6.07) is -0.399. The van der Waals surface area contributed by atoms with Crippen molar-refractivity contribution in [1.29, 1.82) is 0 Å². The Bertz CT molecular complexity index is 266. The van der Waals surface area contributed by atoms with Crippen molar-refractivity contribution in [3.8, 4) is 0 Å². The highest BCUT2D eigenvalue weighted by molar-refractivity contribution is 5.80. The molecule has 94 valence electrons. The van der Waals surface area contributed by atoms with Gasteiger partial charge in [-0.2, -0.15) is 0 Å². The second-order valence-electron chi connectivity index (χ2n) is 4.22. The van der Waals surface area contributed by atoms with Gasteiger partial charge < -0.3 is 20.0 Å². The molecule has 0 aromatic heterocycles. The number of aliphatic hydroxyl groups excluding tert-OH is 1. The monoisotopic (exact) mass is 232 g/mol. The number of hydrogen-bond donors (Lipinski definition) is 2. The topological polar surface area (TPSA) is 81.1 Å². The van der Waals surface area contributed by atoms with Crippen molar-refractivity contribution in [2.45, 2.75) is 26.3 Å². The normalized spacial score (nSPS) is 11.1. The molecule has 0 spiro atoms. The van der Waals surface area contributed by atoms with Gasteiger partial charge in [-0.05, 0) is 20.8 Å². The Morgan fingerprint density at radius 2 is 1.81 bits per heavy atom. The van der Waals surface area contributed by atoms with Gasteiger partial charge in [-0.1, -0.05) is 0 Å². The highest BCUT2D eigenvalue weighted by atomic mass is 16.4. The summed E-state index contributed by atoms with van der Waals surface area (Å²) < 4.78 is 0. The standard InChI is InChI=1S/C10H20N2O4/c1-5-12(6-8(14)15)9(16)11(4)10(2,3)7-13/h13H,5-7H2,1-4H3,(H,14,15). The lowest BCUT2D eigenvalue weighted by molar-refractivity contribution is -0.137. The van der Waals surface area contributed by atoms with Crippen molar-refractivity contribution in [3.63, 3.8) is 0 Å². The molecule has 0 saturated carbocycles. The van der Waals surface area contributed by atoms with Crippen LogP contribution in [0.3, 0.4) is 0 Å². The van der Waals surface area contributed by atoms with Crippen LogP contribution in [0.1, 0.15) is 20.8 Å². The number of carbonyl (C=O) groups excluding carboxylic acids is 1. The SMILES string of the molecule is CCN(CC(=O)O)C(=O)N(C)C(C)(C)CO. The fourth-order valence-electron chi connectivity index (χ4n) is 1.06. The lowest BCUT2D eigenvalue weighted by Gasteiger charge is -2.37. The number of aliphatic hydroxyl groups is 1. The highest BCUT2D eigenvalue weighted by Crippen LogP contribution is 2.13. The van der Waals surface area contributed by atoms with Crippen molar-refractivity contribution in [3.05, 3.63) is 0 Å². The quantitative estimate of drug-likeness (QED) is 0.710. The first-order chi connectivity index (χ1) is 7.26. The van der Waals surface area contributed by atoms with E-state index < -0.39 is 17.5 Å². The fraction of sp³-hybridized carbons (Fsp3) is 0.800. The maximum absolute atomic E-state index is 11.9. The zero-order valence-corrected chi connectivity index (χ0v) is 10.2. The maximum atomic E-state index is 11.9. The van der Waals surface area contributed by atoms with Crippen molar-refractivity contribution >= 4 is 12.0 Å². The van der Waals surface area contributed by atoms with Gasteiger partial charge in [-0.25, -0.2) is 4.79 Å². The Balaban J connectivity index is 4.68. The maximum Gasteiger partial charge on any atom is 0.323 e. The molecule has 0 aliphatic carbocycles. The Morgan fingerprint density at radius 3 is 2.12 bits per heavy atom. The summed E-state index contributed by atoms with van der Waals surface area (Å²) >= 11 is 0. The molecule has 0 rings (SSSR count). The van der Waals surface area contributed by atoms with E-state index in [2.05, 4.69) is 0 Å². The lowest BCUT2D eigenvalue weighted by atomic mass is 10.1. The number of nitrogens with zero attached hydrogens (tertiary/aromatic N) is 2. The van der Waals surface area contributed by atoms with Crippen molar-refractivity contribution in [2.75, 3.05) is 26.7 Å². The third-order valence-electron chi connectivity index (χ3n) is 2.56. The van der Waals surface area contributed by atoms with E-state index in [1.165, 1.54) is 9.80 Å². The molecule has 6 heteroatoms. The van der Waals surface area contributed by atoms with Gasteiger partial charge in [0.05, 0.1) is 12.1 Å². The second-order valence-corrected chi connectivity index (χ2v) is 4.22. The third kappa shape index (κ3) is 3.69. The van der Waals surface area contributed by atoms with E-state index in [9.17, 15) is 9.59 Å². The molecular formula is C10H20N2O4. The Morgan fingerprint density at radius 1 is 1.31 bits per heavy atom. The molecule has 0 saturated heterocycles. The van der Waals surface area contributed by atoms with E-state index >= 15 is 0 Å². The van der Waals surface area contributed by atoms with Crippen LogP contribution < -0.4 is 0 Å². The fourth-order valence-corrected chi connectivity index (χ4v) is 1.06. The highest BCUT2D eigenvalue weighted by Gasteiger charge is 2.30. The number of likely N-dealkylation sites (N-methyl/N-ethyl adjacent to an activating group) is 2. The van der Waals surface area contributed by atoms with Crippen LogP contribution >= 0.6 is 0 Å². The van der Waals surface area contributed by atoms with Gasteiger partial charge in [-0.3, -0.25) is 4.79 Å². The molecule has 0 aliphatic heterocycles. The van der Waals surface area contributed by atoms with Crippen LogP contribution in [0.2, 0.25) is 0 Å². The predicted molar refractivity (Wildman–Crippen MR) is 59.2 cm³/mol. The number of aliphatic carboxylic acids is 1.